The molecule has 0 saturated carbocycles. The molecule has 5 nitrogen and oxygen atoms in total. The summed E-state index contributed by atoms with van der Waals surface area (Å²) in [5, 5.41) is 3.26. The van der Waals surface area contributed by atoms with Gasteiger partial charge in [-0.05, 0) is 0 Å². The zero-order valence-corrected chi connectivity index (χ0v) is 8.12. The lowest BCUT2D eigenvalue weighted by atomic mass is 10.3. The fourth-order valence-corrected chi connectivity index (χ4v) is 1.65. The Balaban J connectivity index is 2.34. The predicted molar refractivity (Wildman–Crippen MR) is 50.1 cm³/mol. The van der Waals surface area contributed by atoms with E-state index in [1.54, 1.807) is 6.20 Å². The Bertz CT molecular complexity index is 346. The average molecular weight is 195 g/mol. The van der Waals surface area contributed by atoms with Crippen molar-refractivity contribution in [3.05, 3.63) is 17.7 Å². The van der Waals surface area contributed by atoms with Gasteiger partial charge in [0.05, 0.1) is 7.11 Å². The molecular weight excluding hydrogens is 182 g/mol. The largest absolute Gasteiger partial charge is 0.463 e. The van der Waals surface area contributed by atoms with Crippen molar-refractivity contribution in [2.45, 2.75) is 13.0 Å². The Labute approximate surface area is 82.1 Å². The molecule has 2 rings (SSSR count). The molecule has 0 spiro atoms. The van der Waals surface area contributed by atoms with Gasteiger partial charge in [-0.1, -0.05) is 0 Å². The highest BCUT2D eigenvalue weighted by Gasteiger charge is 2.18. The summed E-state index contributed by atoms with van der Waals surface area (Å²) in [7, 11) is 1.37. The molecule has 0 saturated heterocycles. The van der Waals surface area contributed by atoms with Gasteiger partial charge in [0, 0.05) is 37.9 Å². The molecule has 76 valence electrons. The summed E-state index contributed by atoms with van der Waals surface area (Å²) in [5.74, 6) is 0.0457. The molecule has 0 amide bonds. The second-order valence-electron chi connectivity index (χ2n) is 3.22. The van der Waals surface area contributed by atoms with E-state index in [0.29, 0.717) is 5.82 Å². The van der Waals surface area contributed by atoms with Crippen molar-refractivity contribution in [1.29, 1.82) is 0 Å². The number of imidazole rings is 1. The lowest BCUT2D eigenvalue weighted by Crippen LogP contribution is -2.19. The highest BCUT2D eigenvalue weighted by Crippen LogP contribution is 2.09. The Kier molecular flexibility index (Phi) is 2.49. The monoisotopic (exact) mass is 195 g/mol. The second-order valence-corrected chi connectivity index (χ2v) is 3.22. The number of methoxy groups -OCH3 is 1. The third kappa shape index (κ3) is 1.50. The maximum absolute atomic E-state index is 11.3. The fourth-order valence-electron chi connectivity index (χ4n) is 1.65. The summed E-state index contributed by atoms with van der Waals surface area (Å²) in [6, 6.07) is 0. The molecule has 0 aromatic carbocycles. The van der Waals surface area contributed by atoms with Crippen LogP contribution in [0.25, 0.3) is 0 Å². The van der Waals surface area contributed by atoms with E-state index in [9.17, 15) is 4.79 Å². The van der Waals surface area contributed by atoms with Crippen LogP contribution >= 0.6 is 0 Å². The molecule has 0 radical (unpaired) electrons. The second kappa shape index (κ2) is 3.79. The normalized spacial score (nSPS) is 15.8. The maximum atomic E-state index is 11.3. The molecule has 0 atom stereocenters. The zero-order chi connectivity index (χ0) is 9.97. The van der Waals surface area contributed by atoms with E-state index in [0.717, 1.165) is 31.7 Å². The van der Waals surface area contributed by atoms with Crippen molar-refractivity contribution in [2.24, 2.45) is 0 Å². The van der Waals surface area contributed by atoms with Crippen LogP contribution in [0.5, 0.6) is 0 Å². The minimum atomic E-state index is -0.363. The quantitative estimate of drug-likeness (QED) is 0.631. The molecule has 0 aliphatic carbocycles. The van der Waals surface area contributed by atoms with Crippen LogP contribution < -0.4 is 5.32 Å². The summed E-state index contributed by atoms with van der Waals surface area (Å²) < 4.78 is 6.58. The zero-order valence-electron chi connectivity index (χ0n) is 8.12. The number of nitrogens with one attached hydrogen (secondary N) is 1. The number of nitrogens with zero attached hydrogens (tertiary/aromatic N) is 2. The number of rotatable bonds is 1. The molecule has 1 N–H and O–H groups in total. The first-order valence-corrected chi connectivity index (χ1v) is 4.66. The lowest BCUT2D eigenvalue weighted by Gasteiger charge is -2.05. The van der Waals surface area contributed by atoms with Gasteiger partial charge in [0.15, 0.2) is 0 Å². The first kappa shape index (κ1) is 9.21. The van der Waals surface area contributed by atoms with Crippen molar-refractivity contribution in [1.82, 2.24) is 14.9 Å². The number of carbonyl (C=O) groups excluding carboxylic acids is 1. The molecule has 2 heterocycles. The molecule has 0 bridgehead atoms. The maximum Gasteiger partial charge on any atom is 0.374 e. The molecule has 1 aromatic heterocycles. The number of fused-ring (bicyclic) bond motifs is 1. The Hall–Kier alpha value is -1.36. The Morgan fingerprint density at radius 3 is 3.29 bits per heavy atom. The van der Waals surface area contributed by atoms with Crippen LogP contribution in [0.2, 0.25) is 0 Å². The van der Waals surface area contributed by atoms with Crippen LogP contribution in [0.4, 0.5) is 0 Å². The molecule has 14 heavy (non-hydrogen) atoms. The van der Waals surface area contributed by atoms with Crippen LogP contribution in [0.15, 0.2) is 6.20 Å². The summed E-state index contributed by atoms with van der Waals surface area (Å²) in [4.78, 5) is 15.4. The van der Waals surface area contributed by atoms with Gasteiger partial charge in [0.25, 0.3) is 0 Å². The van der Waals surface area contributed by atoms with E-state index in [4.69, 9.17) is 0 Å². The topological polar surface area (TPSA) is 56.1 Å². The molecule has 1 aliphatic heterocycles. The first-order chi connectivity index (χ1) is 6.83. The summed E-state index contributed by atoms with van der Waals surface area (Å²) >= 11 is 0. The van der Waals surface area contributed by atoms with Crippen LogP contribution in [0.1, 0.15) is 16.3 Å². The smallest absolute Gasteiger partial charge is 0.374 e. The van der Waals surface area contributed by atoms with E-state index >= 15 is 0 Å². The molecule has 1 aromatic rings. The third-order valence-electron chi connectivity index (χ3n) is 2.38. The standard InChI is InChI=1S/C9H13N3O2/c1-14-9(13)8-11-6-7-2-3-10-4-5-12(7)8/h6,10H,2-5H2,1H3. The van der Waals surface area contributed by atoms with Crippen LogP contribution in [0, 0.1) is 0 Å². The van der Waals surface area contributed by atoms with E-state index in [1.165, 1.54) is 7.11 Å². The lowest BCUT2D eigenvalue weighted by molar-refractivity contribution is 0.0581. The van der Waals surface area contributed by atoms with E-state index < -0.39 is 0 Å². The number of esters is 1. The number of carbonyl (C=O) groups is 1. The van der Waals surface area contributed by atoms with Gasteiger partial charge in [-0.15, -0.1) is 0 Å². The SMILES string of the molecule is COC(=O)c1ncc2n1CCNCC2. The van der Waals surface area contributed by atoms with Gasteiger partial charge in [0.1, 0.15) is 0 Å². The summed E-state index contributed by atoms with van der Waals surface area (Å²) in [5.41, 5.74) is 1.09. The molecule has 0 fully saturated rings. The van der Waals surface area contributed by atoms with Crippen LogP contribution in [0.3, 0.4) is 0 Å². The highest BCUT2D eigenvalue weighted by atomic mass is 16.5. The van der Waals surface area contributed by atoms with Crippen molar-refractivity contribution < 1.29 is 9.53 Å². The average Bonchev–Trinajstić information content (AvgIpc) is 2.46. The minimum Gasteiger partial charge on any atom is -0.463 e. The minimum absolute atomic E-state index is 0.363. The third-order valence-corrected chi connectivity index (χ3v) is 2.38. The Morgan fingerprint density at radius 1 is 1.64 bits per heavy atom. The van der Waals surface area contributed by atoms with Gasteiger partial charge >= 0.3 is 5.97 Å². The summed E-state index contributed by atoms with van der Waals surface area (Å²) in [6.45, 7) is 2.58. The van der Waals surface area contributed by atoms with Crippen molar-refractivity contribution in [3.8, 4) is 0 Å². The van der Waals surface area contributed by atoms with E-state index in [1.807, 2.05) is 4.57 Å². The van der Waals surface area contributed by atoms with Gasteiger partial charge < -0.3 is 14.6 Å². The number of aromatic nitrogens is 2. The van der Waals surface area contributed by atoms with Gasteiger partial charge in [-0.2, -0.15) is 0 Å². The van der Waals surface area contributed by atoms with Gasteiger partial charge in [0.2, 0.25) is 5.82 Å². The van der Waals surface area contributed by atoms with Gasteiger partial charge in [-0.25, -0.2) is 9.78 Å². The van der Waals surface area contributed by atoms with Crippen molar-refractivity contribution >= 4 is 5.97 Å². The fraction of sp³-hybridized carbons (Fsp3) is 0.556. The Morgan fingerprint density at radius 2 is 2.50 bits per heavy atom. The van der Waals surface area contributed by atoms with Crippen LogP contribution in [-0.2, 0) is 17.7 Å². The van der Waals surface area contributed by atoms with Crippen LogP contribution in [-0.4, -0.2) is 35.7 Å². The molecular formula is C9H13N3O2. The first-order valence-electron chi connectivity index (χ1n) is 4.66. The highest BCUT2D eigenvalue weighted by molar-refractivity contribution is 5.85. The number of ether oxygens (including phenoxy) is 1. The van der Waals surface area contributed by atoms with Crippen molar-refractivity contribution in [3.63, 3.8) is 0 Å². The summed E-state index contributed by atoms with van der Waals surface area (Å²) in [6.07, 6.45) is 2.66. The number of hydrogen-bond acceptors (Lipinski definition) is 4. The van der Waals surface area contributed by atoms with Crippen molar-refractivity contribution in [2.75, 3.05) is 20.2 Å². The molecule has 5 heteroatoms. The molecule has 1 aliphatic rings. The molecule has 0 unspecified atom stereocenters. The predicted octanol–water partition coefficient (Wildman–Crippen LogP) is -0.185. The van der Waals surface area contributed by atoms with Gasteiger partial charge in [-0.3, -0.25) is 0 Å². The van der Waals surface area contributed by atoms with E-state index in [2.05, 4.69) is 15.0 Å². The number of hydrogen-bond donors (Lipinski definition) is 1. The van der Waals surface area contributed by atoms with E-state index in [-0.39, 0.29) is 5.97 Å².